The van der Waals surface area contributed by atoms with Crippen molar-refractivity contribution in [3.8, 4) is 5.69 Å². The molecular formula is C13H14FN5O2. The molecule has 3 amide bonds. The molecule has 0 aliphatic carbocycles. The first kappa shape index (κ1) is 14.5. The van der Waals surface area contributed by atoms with Crippen LogP contribution >= 0.6 is 0 Å². The average molecular weight is 291 g/mol. The lowest BCUT2D eigenvalue weighted by atomic mass is 10.2. The van der Waals surface area contributed by atoms with Crippen LogP contribution < -0.4 is 16.8 Å². The number of aryl methyl sites for hydroxylation is 1. The lowest BCUT2D eigenvalue weighted by Crippen LogP contribution is -2.29. The van der Waals surface area contributed by atoms with Crippen LogP contribution in [0.2, 0.25) is 0 Å². The van der Waals surface area contributed by atoms with Crippen LogP contribution in [0.25, 0.3) is 5.69 Å². The van der Waals surface area contributed by atoms with E-state index in [0.717, 1.165) is 5.56 Å². The van der Waals surface area contributed by atoms with Crippen molar-refractivity contribution in [3.63, 3.8) is 0 Å². The maximum absolute atomic E-state index is 13.9. The molecule has 8 heteroatoms. The summed E-state index contributed by atoms with van der Waals surface area (Å²) >= 11 is 0. The Balaban J connectivity index is 2.43. The molecule has 0 bridgehead atoms. The molecule has 1 heterocycles. The highest BCUT2D eigenvalue weighted by atomic mass is 19.1. The van der Waals surface area contributed by atoms with E-state index in [2.05, 4.69) is 10.4 Å². The molecule has 0 aliphatic heterocycles. The number of carbonyl (C=O) groups excluding carboxylic acids is 2. The van der Waals surface area contributed by atoms with Gasteiger partial charge in [-0.05, 0) is 24.6 Å². The fraction of sp³-hybridized carbons (Fsp3) is 0.154. The van der Waals surface area contributed by atoms with E-state index in [0.29, 0.717) is 5.56 Å². The van der Waals surface area contributed by atoms with Crippen LogP contribution in [0, 0.1) is 12.7 Å². The number of urea groups is 1. The van der Waals surface area contributed by atoms with Gasteiger partial charge in [0.1, 0.15) is 11.5 Å². The number of aromatic nitrogens is 2. The zero-order chi connectivity index (χ0) is 15.6. The molecular weight excluding hydrogens is 277 g/mol. The maximum atomic E-state index is 13.9. The second kappa shape index (κ2) is 5.61. The fourth-order valence-electron chi connectivity index (χ4n) is 1.85. The molecule has 21 heavy (non-hydrogen) atoms. The summed E-state index contributed by atoms with van der Waals surface area (Å²) in [6.07, 6.45) is 1.42. The standard InChI is InChI=1S/C13H14FN5O2/c1-7-2-3-10(9(14)4-7)19-6-8(5-17-13(16)21)11(18-19)12(15)20/h2-4,6H,5H2,1H3,(H2,15,20)(H3,16,17,21). The molecule has 2 rings (SSSR count). The van der Waals surface area contributed by atoms with Gasteiger partial charge in [0.2, 0.25) is 0 Å². The number of amides is 3. The van der Waals surface area contributed by atoms with Crippen molar-refractivity contribution in [3.05, 3.63) is 47.0 Å². The third-order valence-corrected chi connectivity index (χ3v) is 2.83. The average Bonchev–Trinajstić information content (AvgIpc) is 2.80. The molecule has 0 saturated carbocycles. The lowest BCUT2D eigenvalue weighted by molar-refractivity contribution is 0.0994. The van der Waals surface area contributed by atoms with Gasteiger partial charge in [-0.2, -0.15) is 5.10 Å². The second-order valence-corrected chi connectivity index (χ2v) is 4.48. The Kier molecular flexibility index (Phi) is 3.88. The fourth-order valence-corrected chi connectivity index (χ4v) is 1.85. The number of hydrogen-bond donors (Lipinski definition) is 3. The van der Waals surface area contributed by atoms with Crippen LogP contribution in [-0.4, -0.2) is 21.7 Å². The van der Waals surface area contributed by atoms with Crippen LogP contribution in [0.15, 0.2) is 24.4 Å². The van der Waals surface area contributed by atoms with E-state index in [4.69, 9.17) is 11.5 Å². The number of hydrogen-bond acceptors (Lipinski definition) is 3. The first-order chi connectivity index (χ1) is 9.88. The highest BCUT2D eigenvalue weighted by Gasteiger charge is 2.16. The first-order valence-electron chi connectivity index (χ1n) is 6.06. The smallest absolute Gasteiger partial charge is 0.312 e. The van der Waals surface area contributed by atoms with Crippen molar-refractivity contribution in [2.24, 2.45) is 11.5 Å². The van der Waals surface area contributed by atoms with E-state index in [9.17, 15) is 14.0 Å². The van der Waals surface area contributed by atoms with Crippen molar-refractivity contribution >= 4 is 11.9 Å². The van der Waals surface area contributed by atoms with Crippen molar-refractivity contribution in [2.45, 2.75) is 13.5 Å². The number of nitrogens with zero attached hydrogens (tertiary/aromatic N) is 2. The zero-order valence-corrected chi connectivity index (χ0v) is 11.3. The van der Waals surface area contributed by atoms with Crippen LogP contribution in [0.4, 0.5) is 9.18 Å². The van der Waals surface area contributed by atoms with E-state index in [1.54, 1.807) is 13.0 Å². The molecule has 7 nitrogen and oxygen atoms in total. The quantitative estimate of drug-likeness (QED) is 0.765. The van der Waals surface area contributed by atoms with E-state index < -0.39 is 17.8 Å². The Morgan fingerprint density at radius 2 is 2.10 bits per heavy atom. The third-order valence-electron chi connectivity index (χ3n) is 2.83. The summed E-state index contributed by atoms with van der Waals surface area (Å²) in [6, 6.07) is 3.85. The van der Waals surface area contributed by atoms with Crippen LogP contribution in [0.3, 0.4) is 0 Å². The largest absolute Gasteiger partial charge is 0.364 e. The number of carbonyl (C=O) groups is 2. The normalized spacial score (nSPS) is 10.4. The van der Waals surface area contributed by atoms with Crippen LogP contribution in [-0.2, 0) is 6.54 Å². The molecule has 5 N–H and O–H groups in total. The number of halogens is 1. The van der Waals surface area contributed by atoms with Crippen molar-refractivity contribution in [1.82, 2.24) is 15.1 Å². The van der Waals surface area contributed by atoms with Crippen LogP contribution in [0.5, 0.6) is 0 Å². The van der Waals surface area contributed by atoms with E-state index in [1.807, 2.05) is 0 Å². The van der Waals surface area contributed by atoms with Gasteiger partial charge in [0, 0.05) is 18.3 Å². The highest BCUT2D eigenvalue weighted by molar-refractivity contribution is 5.92. The van der Waals surface area contributed by atoms with E-state index in [1.165, 1.54) is 23.0 Å². The van der Waals surface area contributed by atoms with Gasteiger partial charge in [-0.1, -0.05) is 6.07 Å². The predicted molar refractivity (Wildman–Crippen MR) is 73.2 cm³/mol. The number of nitrogens with two attached hydrogens (primary N) is 2. The minimum atomic E-state index is -0.775. The minimum Gasteiger partial charge on any atom is -0.364 e. The molecule has 110 valence electrons. The molecule has 0 aliphatic rings. The number of benzene rings is 1. The highest BCUT2D eigenvalue weighted by Crippen LogP contribution is 2.17. The molecule has 0 unspecified atom stereocenters. The Morgan fingerprint density at radius 1 is 1.38 bits per heavy atom. The molecule has 1 aromatic carbocycles. The molecule has 0 saturated heterocycles. The number of primary amides is 2. The monoisotopic (exact) mass is 291 g/mol. The van der Waals surface area contributed by atoms with Crippen molar-refractivity contribution in [2.75, 3.05) is 0 Å². The first-order valence-corrected chi connectivity index (χ1v) is 6.06. The van der Waals surface area contributed by atoms with Gasteiger partial charge in [-0.3, -0.25) is 4.79 Å². The van der Waals surface area contributed by atoms with Gasteiger partial charge in [0.15, 0.2) is 5.69 Å². The SMILES string of the molecule is Cc1ccc(-n2cc(CNC(N)=O)c(C(N)=O)n2)c(F)c1. The third kappa shape index (κ3) is 3.16. The van der Waals surface area contributed by atoms with Gasteiger partial charge in [-0.25, -0.2) is 13.9 Å². The van der Waals surface area contributed by atoms with Crippen LogP contribution in [0.1, 0.15) is 21.6 Å². The van der Waals surface area contributed by atoms with Gasteiger partial charge < -0.3 is 16.8 Å². The Morgan fingerprint density at radius 3 is 2.67 bits per heavy atom. The van der Waals surface area contributed by atoms with Gasteiger partial charge in [0.05, 0.1) is 0 Å². The molecule has 0 fully saturated rings. The zero-order valence-electron chi connectivity index (χ0n) is 11.3. The maximum Gasteiger partial charge on any atom is 0.312 e. The van der Waals surface area contributed by atoms with Crippen molar-refractivity contribution < 1.29 is 14.0 Å². The predicted octanol–water partition coefficient (Wildman–Crippen LogP) is 0.587. The Hall–Kier alpha value is -2.90. The number of nitrogens with one attached hydrogen (secondary N) is 1. The van der Waals surface area contributed by atoms with Gasteiger partial charge >= 0.3 is 6.03 Å². The summed E-state index contributed by atoms with van der Waals surface area (Å²) < 4.78 is 15.1. The summed E-state index contributed by atoms with van der Waals surface area (Å²) in [5.41, 5.74) is 11.4. The number of rotatable bonds is 4. The Labute approximate surface area is 119 Å². The Bertz CT molecular complexity index is 711. The second-order valence-electron chi connectivity index (χ2n) is 4.48. The van der Waals surface area contributed by atoms with Gasteiger partial charge in [0.25, 0.3) is 5.91 Å². The topological polar surface area (TPSA) is 116 Å². The molecule has 0 atom stereocenters. The van der Waals surface area contributed by atoms with Crippen molar-refractivity contribution in [1.29, 1.82) is 0 Å². The van der Waals surface area contributed by atoms with Gasteiger partial charge in [-0.15, -0.1) is 0 Å². The molecule has 0 spiro atoms. The van der Waals surface area contributed by atoms with E-state index >= 15 is 0 Å². The summed E-state index contributed by atoms with van der Waals surface area (Å²) in [7, 11) is 0. The minimum absolute atomic E-state index is 0.0267. The summed E-state index contributed by atoms with van der Waals surface area (Å²) in [4.78, 5) is 22.1. The molecule has 1 aromatic heterocycles. The summed E-state index contributed by atoms with van der Waals surface area (Å²) in [5.74, 6) is -1.26. The summed E-state index contributed by atoms with van der Waals surface area (Å²) in [6.45, 7) is 1.73. The molecule has 0 radical (unpaired) electrons. The summed E-state index contributed by atoms with van der Waals surface area (Å²) in [5, 5.41) is 6.29. The lowest BCUT2D eigenvalue weighted by Gasteiger charge is -2.03. The molecule has 2 aromatic rings. The van der Waals surface area contributed by atoms with E-state index in [-0.39, 0.29) is 17.9 Å².